The lowest BCUT2D eigenvalue weighted by molar-refractivity contribution is 0.0907. The molecule has 0 bridgehead atoms. The molecule has 27 heavy (non-hydrogen) atoms. The van der Waals surface area contributed by atoms with Gasteiger partial charge in [0, 0.05) is 22.0 Å². The lowest BCUT2D eigenvalue weighted by Gasteiger charge is -2.25. The van der Waals surface area contributed by atoms with E-state index in [1.165, 1.54) is 12.8 Å². The van der Waals surface area contributed by atoms with Crippen LogP contribution in [0.5, 0.6) is 0 Å². The molecule has 5 nitrogen and oxygen atoms in total. The molecule has 0 saturated carbocycles. The first kappa shape index (κ1) is 18.3. The van der Waals surface area contributed by atoms with Crippen LogP contribution in [0.25, 0.3) is 11.0 Å². The van der Waals surface area contributed by atoms with Gasteiger partial charge in [-0.1, -0.05) is 15.9 Å². The van der Waals surface area contributed by atoms with Crippen LogP contribution in [-0.2, 0) is 0 Å². The Bertz CT molecular complexity index is 969. The van der Waals surface area contributed by atoms with Crippen molar-refractivity contribution in [3.05, 3.63) is 57.6 Å². The van der Waals surface area contributed by atoms with Crippen molar-refractivity contribution in [3.8, 4) is 0 Å². The normalized spacial score (nSPS) is 16.1. The van der Waals surface area contributed by atoms with Gasteiger partial charge < -0.3 is 14.2 Å². The molecule has 1 amide bonds. The number of likely N-dealkylation sites (tertiary alicyclic amines) is 1. The molecule has 1 fully saturated rings. The highest BCUT2D eigenvalue weighted by Gasteiger charge is 2.27. The summed E-state index contributed by atoms with van der Waals surface area (Å²) in [5.41, 5.74) is 1.58. The fourth-order valence-electron chi connectivity index (χ4n) is 3.77. The number of carbonyl (C=O) groups excluding carboxylic acids is 1. The molecule has 4 rings (SSSR count). The first-order valence-electron chi connectivity index (χ1n) is 9.30. The number of aryl methyl sites for hydroxylation is 2. The summed E-state index contributed by atoms with van der Waals surface area (Å²) in [4.78, 5) is 15.2. The number of rotatable bonds is 5. The van der Waals surface area contributed by atoms with Gasteiger partial charge in [0.25, 0.3) is 5.91 Å². The smallest absolute Gasteiger partial charge is 0.287 e. The molecule has 2 aromatic heterocycles. The van der Waals surface area contributed by atoms with E-state index in [4.69, 9.17) is 8.83 Å². The van der Waals surface area contributed by atoms with Crippen molar-refractivity contribution >= 4 is 32.8 Å². The predicted octanol–water partition coefficient (Wildman–Crippen LogP) is 4.97. The van der Waals surface area contributed by atoms with Crippen molar-refractivity contribution < 1.29 is 13.6 Å². The highest BCUT2D eigenvalue weighted by molar-refractivity contribution is 9.10. The molecule has 1 atom stereocenters. The third-order valence-corrected chi connectivity index (χ3v) is 5.72. The molecule has 0 aliphatic carbocycles. The Balaban J connectivity index is 1.53. The third kappa shape index (κ3) is 3.69. The molecule has 1 aliphatic rings. The topological polar surface area (TPSA) is 58.6 Å². The summed E-state index contributed by atoms with van der Waals surface area (Å²) in [6.45, 7) is 6.40. The van der Waals surface area contributed by atoms with Crippen LogP contribution in [0.1, 0.15) is 46.5 Å². The zero-order chi connectivity index (χ0) is 19.0. The van der Waals surface area contributed by atoms with Gasteiger partial charge >= 0.3 is 0 Å². The molecule has 142 valence electrons. The Labute approximate surface area is 166 Å². The average molecular weight is 431 g/mol. The van der Waals surface area contributed by atoms with Crippen molar-refractivity contribution in [2.45, 2.75) is 32.7 Å². The van der Waals surface area contributed by atoms with Crippen molar-refractivity contribution in [1.82, 2.24) is 10.2 Å². The largest absolute Gasteiger partial charge is 0.465 e. The minimum Gasteiger partial charge on any atom is -0.465 e. The number of halogens is 1. The van der Waals surface area contributed by atoms with E-state index >= 15 is 0 Å². The first-order valence-corrected chi connectivity index (χ1v) is 10.1. The summed E-state index contributed by atoms with van der Waals surface area (Å²) in [5.74, 6) is 1.98. The van der Waals surface area contributed by atoms with Crippen molar-refractivity contribution in [3.63, 3.8) is 0 Å². The molecule has 0 unspecified atom stereocenters. The molecule has 1 N–H and O–H groups in total. The van der Waals surface area contributed by atoms with Crippen LogP contribution in [0.2, 0.25) is 0 Å². The van der Waals surface area contributed by atoms with Crippen molar-refractivity contribution in [2.24, 2.45) is 0 Å². The fraction of sp³-hybridized carbons (Fsp3) is 0.381. The molecule has 3 heterocycles. The lowest BCUT2D eigenvalue weighted by atomic mass is 10.1. The van der Waals surface area contributed by atoms with Gasteiger partial charge in [-0.25, -0.2) is 0 Å². The van der Waals surface area contributed by atoms with Crippen molar-refractivity contribution in [1.29, 1.82) is 0 Å². The van der Waals surface area contributed by atoms with Crippen LogP contribution in [0.4, 0.5) is 0 Å². The van der Waals surface area contributed by atoms with E-state index in [9.17, 15) is 4.79 Å². The lowest BCUT2D eigenvalue weighted by Crippen LogP contribution is -2.36. The number of fused-ring (bicyclic) bond motifs is 1. The Kier molecular flexibility index (Phi) is 5.10. The summed E-state index contributed by atoms with van der Waals surface area (Å²) in [5, 5.41) is 4.01. The molecule has 1 aromatic carbocycles. The maximum atomic E-state index is 12.8. The minimum absolute atomic E-state index is 0.0454. The maximum absolute atomic E-state index is 12.8. The van der Waals surface area contributed by atoms with E-state index in [2.05, 4.69) is 26.1 Å². The number of furan rings is 2. The van der Waals surface area contributed by atoms with Crippen LogP contribution in [0.3, 0.4) is 0 Å². The Hall–Kier alpha value is -2.05. The summed E-state index contributed by atoms with van der Waals surface area (Å²) in [6, 6.07) is 9.79. The van der Waals surface area contributed by atoms with E-state index in [1.807, 2.05) is 44.2 Å². The number of nitrogens with zero attached hydrogens (tertiary/aromatic N) is 1. The number of amides is 1. The molecule has 0 spiro atoms. The Morgan fingerprint density at radius 3 is 2.67 bits per heavy atom. The standard InChI is InChI=1S/C21H23BrN2O3/c1-13-5-7-19(26-13)17(24-9-3-4-10-24)12-23-21(25)20-14(2)16-11-15(22)6-8-18(16)27-20/h5-8,11,17H,3-4,9-10,12H2,1-2H3,(H,23,25)/t17-/m1/s1. The molecule has 3 aromatic rings. The predicted molar refractivity (Wildman–Crippen MR) is 108 cm³/mol. The van der Waals surface area contributed by atoms with E-state index in [0.717, 1.165) is 45.6 Å². The van der Waals surface area contributed by atoms with Crippen molar-refractivity contribution in [2.75, 3.05) is 19.6 Å². The van der Waals surface area contributed by atoms with E-state index in [0.29, 0.717) is 12.3 Å². The molecular weight excluding hydrogens is 408 g/mol. The number of hydrogen-bond acceptors (Lipinski definition) is 4. The van der Waals surface area contributed by atoms with Crippen LogP contribution in [0, 0.1) is 13.8 Å². The summed E-state index contributed by atoms with van der Waals surface area (Å²) in [7, 11) is 0. The van der Waals surface area contributed by atoms with Gasteiger partial charge in [0.05, 0.1) is 6.04 Å². The summed E-state index contributed by atoms with van der Waals surface area (Å²) < 4.78 is 12.6. The van der Waals surface area contributed by atoms with E-state index in [1.54, 1.807) is 0 Å². The molecule has 6 heteroatoms. The van der Waals surface area contributed by atoms with Gasteiger partial charge in [0.15, 0.2) is 5.76 Å². The number of hydrogen-bond donors (Lipinski definition) is 1. The summed E-state index contributed by atoms with van der Waals surface area (Å²) in [6.07, 6.45) is 2.36. The van der Waals surface area contributed by atoms with Gasteiger partial charge in [-0.15, -0.1) is 0 Å². The van der Waals surface area contributed by atoms with E-state index < -0.39 is 0 Å². The third-order valence-electron chi connectivity index (χ3n) is 5.23. The number of nitrogens with one attached hydrogen (secondary N) is 1. The molecule has 1 saturated heterocycles. The molecule has 0 radical (unpaired) electrons. The minimum atomic E-state index is -0.188. The van der Waals surface area contributed by atoms with Crippen LogP contribution in [0.15, 0.2) is 43.6 Å². The molecular formula is C21H23BrN2O3. The second-order valence-corrected chi connectivity index (χ2v) is 8.03. The maximum Gasteiger partial charge on any atom is 0.287 e. The van der Waals surface area contributed by atoms with Crippen LogP contribution < -0.4 is 5.32 Å². The average Bonchev–Trinajstić information content (AvgIpc) is 3.38. The SMILES string of the molecule is Cc1ccc([C@@H](CNC(=O)c2oc3ccc(Br)cc3c2C)N2CCCC2)o1. The second kappa shape index (κ2) is 7.52. The fourth-order valence-corrected chi connectivity index (χ4v) is 4.14. The Morgan fingerprint density at radius 1 is 1.19 bits per heavy atom. The Morgan fingerprint density at radius 2 is 1.96 bits per heavy atom. The van der Waals surface area contributed by atoms with Gasteiger partial charge in [0.1, 0.15) is 17.1 Å². The van der Waals surface area contributed by atoms with Crippen LogP contribution >= 0.6 is 15.9 Å². The number of benzene rings is 1. The quantitative estimate of drug-likeness (QED) is 0.620. The van der Waals surface area contributed by atoms with E-state index in [-0.39, 0.29) is 11.9 Å². The van der Waals surface area contributed by atoms with Gasteiger partial charge in [-0.05, 0) is 70.1 Å². The zero-order valence-corrected chi connectivity index (χ0v) is 17.1. The monoisotopic (exact) mass is 430 g/mol. The van der Waals surface area contributed by atoms with Gasteiger partial charge in [-0.3, -0.25) is 9.69 Å². The van der Waals surface area contributed by atoms with Gasteiger partial charge in [-0.2, -0.15) is 0 Å². The second-order valence-electron chi connectivity index (χ2n) is 7.11. The highest BCUT2D eigenvalue weighted by atomic mass is 79.9. The summed E-state index contributed by atoms with van der Waals surface area (Å²) >= 11 is 3.47. The highest BCUT2D eigenvalue weighted by Crippen LogP contribution is 2.29. The van der Waals surface area contributed by atoms with Crippen LogP contribution in [-0.4, -0.2) is 30.4 Å². The molecule has 1 aliphatic heterocycles. The zero-order valence-electron chi connectivity index (χ0n) is 15.5. The first-order chi connectivity index (χ1) is 13.0. The van der Waals surface area contributed by atoms with Gasteiger partial charge in [0.2, 0.25) is 0 Å². The number of carbonyl (C=O) groups is 1.